The number of rotatable bonds is 5. The summed E-state index contributed by atoms with van der Waals surface area (Å²) < 4.78 is 80.3. The summed E-state index contributed by atoms with van der Waals surface area (Å²) in [6, 6.07) is 11.0. The number of benzene rings is 2. The minimum absolute atomic E-state index is 0.0191. The SMILES string of the molecule is N#CCn1ccnc1BC(=Cc1cccc(C(F)(F)F)c1)c1cccc(C(F)(F)F)c1. The summed E-state index contributed by atoms with van der Waals surface area (Å²) in [5.74, 6) is 0. The molecule has 3 aromatic rings. The summed E-state index contributed by atoms with van der Waals surface area (Å²) in [4.78, 5) is 4.14. The molecule has 0 saturated heterocycles. The average Bonchev–Trinajstić information content (AvgIpc) is 3.14. The number of hydrogen-bond acceptors (Lipinski definition) is 2. The van der Waals surface area contributed by atoms with E-state index in [4.69, 9.17) is 5.26 Å². The molecule has 0 atom stereocenters. The molecule has 0 radical (unpaired) electrons. The van der Waals surface area contributed by atoms with E-state index >= 15 is 0 Å². The second-order valence-corrected chi connectivity index (χ2v) is 6.68. The number of hydrogen-bond donors (Lipinski definition) is 0. The predicted octanol–water partition coefficient (Wildman–Crippen LogP) is 4.70. The van der Waals surface area contributed by atoms with E-state index in [0.717, 1.165) is 24.3 Å². The van der Waals surface area contributed by atoms with Crippen LogP contribution >= 0.6 is 0 Å². The molecule has 0 aliphatic rings. The standard InChI is InChI=1S/C21H14BF6N3/c23-20(24,25)16-5-1-3-14(11-16)12-18(22-19-30-8-10-31(19)9-7-29)15-4-2-6-17(13-15)21(26,27)28/h1-6,8,10-13,22H,9H2. The Morgan fingerprint density at radius 2 is 1.65 bits per heavy atom. The molecule has 0 saturated carbocycles. The first-order chi connectivity index (χ1) is 14.6. The van der Waals surface area contributed by atoms with Gasteiger partial charge in [0.2, 0.25) is 7.28 Å². The first-order valence-corrected chi connectivity index (χ1v) is 9.00. The van der Waals surface area contributed by atoms with Crippen molar-refractivity contribution in [2.24, 2.45) is 0 Å². The van der Waals surface area contributed by atoms with Crippen molar-refractivity contribution >= 4 is 24.6 Å². The van der Waals surface area contributed by atoms with Gasteiger partial charge in [0.25, 0.3) is 0 Å². The normalized spacial score (nSPS) is 12.5. The highest BCUT2D eigenvalue weighted by atomic mass is 19.4. The van der Waals surface area contributed by atoms with Gasteiger partial charge in [-0.1, -0.05) is 35.8 Å². The molecule has 0 N–H and O–H groups in total. The smallest absolute Gasteiger partial charge is 0.329 e. The number of imidazole rings is 1. The molecular weight excluding hydrogens is 419 g/mol. The van der Waals surface area contributed by atoms with Crippen molar-refractivity contribution in [3.8, 4) is 6.07 Å². The third-order valence-electron chi connectivity index (χ3n) is 4.51. The second-order valence-electron chi connectivity index (χ2n) is 6.68. The zero-order chi connectivity index (χ0) is 22.6. The van der Waals surface area contributed by atoms with Gasteiger partial charge in [0.15, 0.2) is 0 Å². The number of aromatic nitrogens is 2. The Morgan fingerprint density at radius 3 is 2.29 bits per heavy atom. The molecule has 10 heteroatoms. The Kier molecular flexibility index (Phi) is 6.25. The van der Waals surface area contributed by atoms with Gasteiger partial charge < -0.3 is 4.57 Å². The highest BCUT2D eigenvalue weighted by Gasteiger charge is 2.31. The number of alkyl halides is 6. The van der Waals surface area contributed by atoms with Crippen LogP contribution in [0.1, 0.15) is 22.3 Å². The van der Waals surface area contributed by atoms with E-state index in [-0.39, 0.29) is 25.0 Å². The largest absolute Gasteiger partial charge is 0.416 e. The first kappa shape index (κ1) is 22.2. The van der Waals surface area contributed by atoms with E-state index < -0.39 is 23.5 Å². The van der Waals surface area contributed by atoms with Crippen LogP contribution in [0.25, 0.3) is 11.5 Å². The molecule has 0 fully saturated rings. The highest BCUT2D eigenvalue weighted by molar-refractivity contribution is 6.73. The lowest BCUT2D eigenvalue weighted by Crippen LogP contribution is -2.27. The third kappa shape index (κ3) is 5.57. The minimum Gasteiger partial charge on any atom is -0.329 e. The summed E-state index contributed by atoms with van der Waals surface area (Å²) >= 11 is 0. The Hall–Kier alpha value is -3.48. The molecule has 0 unspecified atom stereocenters. The maximum absolute atomic E-state index is 13.2. The molecule has 0 aliphatic heterocycles. The Balaban J connectivity index is 2.10. The van der Waals surface area contributed by atoms with E-state index in [1.165, 1.54) is 41.1 Å². The number of nitrogens with zero attached hydrogens (tertiary/aromatic N) is 3. The molecular formula is C21H14BF6N3. The zero-order valence-electron chi connectivity index (χ0n) is 15.9. The van der Waals surface area contributed by atoms with Crippen LogP contribution in [0, 0.1) is 11.3 Å². The maximum Gasteiger partial charge on any atom is 0.416 e. The van der Waals surface area contributed by atoms with Gasteiger partial charge in [-0.2, -0.15) is 31.6 Å². The van der Waals surface area contributed by atoms with Crippen LogP contribution < -0.4 is 5.72 Å². The molecule has 0 bridgehead atoms. The van der Waals surface area contributed by atoms with Gasteiger partial charge in [0.05, 0.1) is 22.9 Å². The van der Waals surface area contributed by atoms with Gasteiger partial charge in [-0.3, -0.25) is 4.98 Å². The third-order valence-corrected chi connectivity index (χ3v) is 4.51. The van der Waals surface area contributed by atoms with Gasteiger partial charge in [-0.25, -0.2) is 0 Å². The Labute approximate surface area is 174 Å². The van der Waals surface area contributed by atoms with Crippen molar-refractivity contribution in [3.63, 3.8) is 0 Å². The fourth-order valence-electron chi connectivity index (χ4n) is 3.04. The zero-order valence-corrected chi connectivity index (χ0v) is 15.9. The van der Waals surface area contributed by atoms with Crippen molar-refractivity contribution in [3.05, 3.63) is 83.2 Å². The summed E-state index contributed by atoms with van der Waals surface area (Å²) in [7, 11) is 0.0201. The van der Waals surface area contributed by atoms with Crippen molar-refractivity contribution in [1.82, 2.24) is 9.55 Å². The minimum atomic E-state index is -4.57. The molecule has 1 heterocycles. The van der Waals surface area contributed by atoms with Gasteiger partial charge in [-0.05, 0) is 35.4 Å². The number of halogens is 6. The fourth-order valence-corrected chi connectivity index (χ4v) is 3.04. The van der Waals surface area contributed by atoms with E-state index in [2.05, 4.69) is 4.98 Å². The van der Waals surface area contributed by atoms with Crippen LogP contribution in [0.3, 0.4) is 0 Å². The second kappa shape index (κ2) is 8.72. The van der Waals surface area contributed by atoms with Crippen molar-refractivity contribution < 1.29 is 26.3 Å². The molecule has 0 aliphatic carbocycles. The summed E-state index contributed by atoms with van der Waals surface area (Å²) in [5.41, 5.74) is -0.636. The fraction of sp³-hybridized carbons (Fsp3) is 0.143. The van der Waals surface area contributed by atoms with Crippen molar-refractivity contribution in [1.29, 1.82) is 5.26 Å². The maximum atomic E-state index is 13.2. The van der Waals surface area contributed by atoms with Crippen LogP contribution in [0.5, 0.6) is 0 Å². The Bertz CT molecular complexity index is 1140. The van der Waals surface area contributed by atoms with Gasteiger partial charge in [-0.15, -0.1) is 0 Å². The van der Waals surface area contributed by atoms with Gasteiger partial charge in [0.1, 0.15) is 6.54 Å². The number of nitriles is 1. The van der Waals surface area contributed by atoms with E-state index in [9.17, 15) is 26.3 Å². The predicted molar refractivity (Wildman–Crippen MR) is 105 cm³/mol. The Morgan fingerprint density at radius 1 is 1.00 bits per heavy atom. The van der Waals surface area contributed by atoms with E-state index in [1.54, 1.807) is 6.20 Å². The molecule has 1 aromatic heterocycles. The molecule has 158 valence electrons. The molecule has 0 spiro atoms. The lowest BCUT2D eigenvalue weighted by Gasteiger charge is -2.13. The average molecular weight is 433 g/mol. The summed E-state index contributed by atoms with van der Waals surface area (Å²) in [6.45, 7) is -0.0191. The molecule has 3 nitrogen and oxygen atoms in total. The monoisotopic (exact) mass is 433 g/mol. The molecule has 3 rings (SSSR count). The van der Waals surface area contributed by atoms with Crippen molar-refractivity contribution in [2.45, 2.75) is 18.9 Å². The quantitative estimate of drug-likeness (QED) is 0.333. The van der Waals surface area contributed by atoms with Crippen LogP contribution in [0.4, 0.5) is 26.3 Å². The molecule has 31 heavy (non-hydrogen) atoms. The highest BCUT2D eigenvalue weighted by Crippen LogP contribution is 2.32. The van der Waals surface area contributed by atoms with Crippen molar-refractivity contribution in [2.75, 3.05) is 0 Å². The summed E-state index contributed by atoms with van der Waals surface area (Å²) in [5, 5.41) is 8.94. The van der Waals surface area contributed by atoms with E-state index in [1.807, 2.05) is 6.07 Å². The first-order valence-electron chi connectivity index (χ1n) is 9.00. The van der Waals surface area contributed by atoms with Gasteiger partial charge in [0, 0.05) is 12.4 Å². The van der Waals surface area contributed by atoms with Crippen LogP contribution in [-0.4, -0.2) is 16.8 Å². The topological polar surface area (TPSA) is 41.6 Å². The molecule has 2 aromatic carbocycles. The van der Waals surface area contributed by atoms with Crippen LogP contribution in [0.15, 0.2) is 60.9 Å². The van der Waals surface area contributed by atoms with Gasteiger partial charge >= 0.3 is 12.4 Å². The lowest BCUT2D eigenvalue weighted by molar-refractivity contribution is -0.138. The van der Waals surface area contributed by atoms with E-state index in [0.29, 0.717) is 11.2 Å². The summed E-state index contributed by atoms with van der Waals surface area (Å²) in [6.07, 6.45) is -4.73. The van der Waals surface area contributed by atoms with Crippen LogP contribution in [0.2, 0.25) is 0 Å². The lowest BCUT2D eigenvalue weighted by atomic mass is 9.65. The molecule has 0 amide bonds. The van der Waals surface area contributed by atoms with Crippen LogP contribution in [-0.2, 0) is 18.9 Å².